The lowest BCUT2D eigenvalue weighted by molar-refractivity contribution is -0.114. The highest BCUT2D eigenvalue weighted by Gasteiger charge is 2.30. The molecule has 156 valence electrons. The molecule has 4 rings (SSSR count). The van der Waals surface area contributed by atoms with E-state index in [1.54, 1.807) is 61.5 Å². The van der Waals surface area contributed by atoms with Crippen molar-refractivity contribution in [3.8, 4) is 17.3 Å². The van der Waals surface area contributed by atoms with E-state index in [0.29, 0.717) is 22.8 Å². The summed E-state index contributed by atoms with van der Waals surface area (Å²) in [6.45, 7) is 1.62. The van der Waals surface area contributed by atoms with Crippen LogP contribution in [0.4, 0.5) is 5.69 Å². The summed E-state index contributed by atoms with van der Waals surface area (Å²) in [5.74, 6) is -0.415. The Morgan fingerprint density at radius 2 is 1.68 bits per heavy atom. The molecule has 0 aliphatic carbocycles. The fraction of sp³-hybridized carbons (Fsp3) is 0.0909. The average Bonchev–Trinajstić information content (AvgIpc) is 3.05. The number of nitrogens with zero attached hydrogens (tertiary/aromatic N) is 3. The molecule has 9 nitrogen and oxygen atoms in total. The van der Waals surface area contributed by atoms with Crippen LogP contribution < -0.4 is 21.0 Å². The smallest absolute Gasteiger partial charge is 0.335 e. The lowest BCUT2D eigenvalue weighted by atomic mass is 10.1. The third-order valence-corrected chi connectivity index (χ3v) is 4.80. The molecular formula is C22H18N4O5. The van der Waals surface area contributed by atoms with E-state index >= 15 is 0 Å². The number of para-hydroxylation sites is 1. The number of H-pyrrole nitrogens is 1. The Bertz CT molecular complexity index is 1340. The molecule has 0 unspecified atom stereocenters. The number of carbonyl (C=O) groups is 1. The lowest BCUT2D eigenvalue weighted by Gasteiger charge is -2.12. The molecule has 2 heterocycles. The van der Waals surface area contributed by atoms with Crippen molar-refractivity contribution in [2.45, 2.75) is 6.92 Å². The first-order valence-corrected chi connectivity index (χ1v) is 9.30. The third-order valence-electron chi connectivity index (χ3n) is 4.80. The van der Waals surface area contributed by atoms with Gasteiger partial charge in [-0.2, -0.15) is 10.1 Å². The van der Waals surface area contributed by atoms with Crippen molar-refractivity contribution in [3.63, 3.8) is 0 Å². The second kappa shape index (κ2) is 7.79. The van der Waals surface area contributed by atoms with Crippen LogP contribution in [-0.4, -0.2) is 33.4 Å². The number of hydrazone groups is 1. The molecule has 1 aromatic heterocycles. The van der Waals surface area contributed by atoms with Crippen molar-refractivity contribution < 1.29 is 14.6 Å². The summed E-state index contributed by atoms with van der Waals surface area (Å²) in [6, 6.07) is 15.1. The zero-order valence-electron chi connectivity index (χ0n) is 16.7. The van der Waals surface area contributed by atoms with Crippen molar-refractivity contribution >= 4 is 23.4 Å². The van der Waals surface area contributed by atoms with Crippen LogP contribution in [-0.2, 0) is 4.79 Å². The number of aromatic amines is 1. The summed E-state index contributed by atoms with van der Waals surface area (Å²) in [6.07, 6.45) is 1.23. The molecule has 0 atom stereocenters. The molecule has 9 heteroatoms. The molecular weight excluding hydrogens is 400 g/mol. The van der Waals surface area contributed by atoms with Gasteiger partial charge in [0.2, 0.25) is 5.88 Å². The first-order chi connectivity index (χ1) is 14.9. The molecule has 0 spiro atoms. The molecule has 31 heavy (non-hydrogen) atoms. The largest absolute Gasteiger partial charge is 0.497 e. The van der Waals surface area contributed by atoms with Crippen molar-refractivity contribution in [1.29, 1.82) is 0 Å². The SMILES string of the molecule is COc1ccc(N2N=C(C)C(=Cc3c(O)n(-c4ccccc4)c(=O)[nH]c3=O)C2=O)cc1. The van der Waals surface area contributed by atoms with Gasteiger partial charge >= 0.3 is 5.69 Å². The summed E-state index contributed by atoms with van der Waals surface area (Å²) in [4.78, 5) is 39.8. The standard InChI is InChI=1S/C22H18N4O5/c1-13-17(21(29)26(24-13)15-8-10-16(31-2)11-9-15)12-18-19(27)23-22(30)25(20(18)28)14-6-4-3-5-7-14/h3-12,28H,1-2H3,(H,23,27,30). The van der Waals surface area contributed by atoms with Crippen LogP contribution >= 0.6 is 0 Å². The summed E-state index contributed by atoms with van der Waals surface area (Å²) < 4.78 is 6.08. The van der Waals surface area contributed by atoms with Crippen molar-refractivity contribution in [3.05, 3.63) is 86.6 Å². The molecule has 0 bridgehead atoms. The van der Waals surface area contributed by atoms with E-state index in [4.69, 9.17) is 4.74 Å². The van der Waals surface area contributed by atoms with Crippen molar-refractivity contribution in [1.82, 2.24) is 9.55 Å². The maximum absolute atomic E-state index is 13.0. The molecule has 0 fully saturated rings. The van der Waals surface area contributed by atoms with Gasteiger partial charge in [-0.15, -0.1) is 0 Å². The minimum absolute atomic E-state index is 0.120. The van der Waals surface area contributed by atoms with Gasteiger partial charge in [0.05, 0.1) is 29.8 Å². The van der Waals surface area contributed by atoms with Gasteiger partial charge in [0.25, 0.3) is 11.5 Å². The number of hydrogen-bond acceptors (Lipinski definition) is 6. The minimum atomic E-state index is -0.814. The van der Waals surface area contributed by atoms with Gasteiger partial charge in [-0.1, -0.05) is 18.2 Å². The van der Waals surface area contributed by atoms with Crippen LogP contribution in [0.25, 0.3) is 11.8 Å². The van der Waals surface area contributed by atoms with Gasteiger partial charge in [0, 0.05) is 0 Å². The van der Waals surface area contributed by atoms with E-state index in [1.165, 1.54) is 18.2 Å². The molecule has 1 aliphatic heterocycles. The fourth-order valence-corrected chi connectivity index (χ4v) is 3.21. The van der Waals surface area contributed by atoms with E-state index in [9.17, 15) is 19.5 Å². The number of aromatic nitrogens is 2. The summed E-state index contributed by atoms with van der Waals surface area (Å²) >= 11 is 0. The fourth-order valence-electron chi connectivity index (χ4n) is 3.21. The van der Waals surface area contributed by atoms with E-state index in [-0.39, 0.29) is 11.1 Å². The minimum Gasteiger partial charge on any atom is -0.497 e. The van der Waals surface area contributed by atoms with Gasteiger partial charge in [-0.25, -0.2) is 9.36 Å². The predicted octanol–water partition coefficient (Wildman–Crippen LogP) is 2.05. The first kappa shape index (κ1) is 19.9. The third kappa shape index (κ3) is 3.52. The molecule has 3 aromatic rings. The Kier molecular flexibility index (Phi) is 5.00. The summed E-state index contributed by atoms with van der Waals surface area (Å²) in [5, 5.41) is 16.1. The highest BCUT2D eigenvalue weighted by Crippen LogP contribution is 2.27. The second-order valence-electron chi connectivity index (χ2n) is 6.73. The highest BCUT2D eigenvalue weighted by molar-refractivity contribution is 6.32. The topological polar surface area (TPSA) is 117 Å². The number of nitrogens with one attached hydrogen (secondary N) is 1. The molecule has 1 amide bonds. The lowest BCUT2D eigenvalue weighted by Crippen LogP contribution is -2.30. The van der Waals surface area contributed by atoms with Gasteiger partial charge in [-0.05, 0) is 49.4 Å². The van der Waals surface area contributed by atoms with Crippen LogP contribution in [0.5, 0.6) is 11.6 Å². The average molecular weight is 418 g/mol. The zero-order chi connectivity index (χ0) is 22.1. The van der Waals surface area contributed by atoms with Crippen LogP contribution in [0.2, 0.25) is 0 Å². The molecule has 0 saturated carbocycles. The van der Waals surface area contributed by atoms with E-state index in [2.05, 4.69) is 10.1 Å². The molecule has 1 aliphatic rings. The van der Waals surface area contributed by atoms with Gasteiger partial charge in [0.15, 0.2) is 0 Å². The number of ether oxygens (including phenoxy) is 1. The number of aromatic hydroxyl groups is 1. The number of carbonyl (C=O) groups excluding carboxylic acids is 1. The Balaban J connectivity index is 1.78. The van der Waals surface area contributed by atoms with Crippen molar-refractivity contribution in [2.24, 2.45) is 5.10 Å². The first-order valence-electron chi connectivity index (χ1n) is 9.30. The Labute approximate surface area is 176 Å². The summed E-state index contributed by atoms with van der Waals surface area (Å²) in [7, 11) is 1.54. The normalized spacial score (nSPS) is 14.8. The molecule has 2 aromatic carbocycles. The van der Waals surface area contributed by atoms with Gasteiger partial charge < -0.3 is 9.84 Å². The van der Waals surface area contributed by atoms with Crippen LogP contribution in [0, 0.1) is 0 Å². The Morgan fingerprint density at radius 1 is 1.00 bits per heavy atom. The van der Waals surface area contributed by atoms with E-state index < -0.39 is 23.0 Å². The number of hydrogen-bond donors (Lipinski definition) is 2. The quantitative estimate of drug-likeness (QED) is 0.629. The van der Waals surface area contributed by atoms with E-state index in [0.717, 1.165) is 4.57 Å². The van der Waals surface area contributed by atoms with Crippen molar-refractivity contribution in [2.75, 3.05) is 12.1 Å². The number of methoxy groups -OCH3 is 1. The molecule has 2 N–H and O–H groups in total. The molecule has 0 saturated heterocycles. The number of benzene rings is 2. The number of rotatable bonds is 4. The molecule has 0 radical (unpaired) electrons. The number of anilines is 1. The van der Waals surface area contributed by atoms with Crippen LogP contribution in [0.15, 0.2) is 74.9 Å². The van der Waals surface area contributed by atoms with E-state index in [1.807, 2.05) is 0 Å². The Morgan fingerprint density at radius 3 is 2.32 bits per heavy atom. The van der Waals surface area contributed by atoms with Gasteiger partial charge in [-0.3, -0.25) is 14.6 Å². The van der Waals surface area contributed by atoms with Gasteiger partial charge in [0.1, 0.15) is 11.3 Å². The second-order valence-corrected chi connectivity index (χ2v) is 6.73. The number of amides is 1. The maximum atomic E-state index is 13.0. The highest BCUT2D eigenvalue weighted by atomic mass is 16.5. The van der Waals surface area contributed by atoms with Crippen LogP contribution in [0.3, 0.4) is 0 Å². The monoisotopic (exact) mass is 418 g/mol. The zero-order valence-corrected chi connectivity index (χ0v) is 16.7. The summed E-state index contributed by atoms with van der Waals surface area (Å²) in [5.41, 5.74) is -0.473. The predicted molar refractivity (Wildman–Crippen MR) is 116 cm³/mol. The maximum Gasteiger partial charge on any atom is 0.335 e. The van der Waals surface area contributed by atoms with Crippen LogP contribution in [0.1, 0.15) is 12.5 Å². The Hall–Kier alpha value is -4.40.